The van der Waals surface area contributed by atoms with Gasteiger partial charge in [-0.25, -0.2) is 10.7 Å². The summed E-state index contributed by atoms with van der Waals surface area (Å²) in [6.07, 6.45) is 0. The molecule has 4 heteroatoms. The number of nitrogens with two attached hydrogens (primary N) is 1. The van der Waals surface area contributed by atoms with Crippen LogP contribution in [0.3, 0.4) is 0 Å². The van der Waals surface area contributed by atoms with E-state index in [0.717, 1.165) is 5.56 Å². The average Bonchev–Trinajstić information content (AvgIpc) is 2.07. The van der Waals surface area contributed by atoms with E-state index in [9.17, 15) is 0 Å². The van der Waals surface area contributed by atoms with Gasteiger partial charge in [-0.3, -0.25) is 0 Å². The van der Waals surface area contributed by atoms with Gasteiger partial charge >= 0.3 is 0 Å². The second-order valence-electron chi connectivity index (χ2n) is 1.95. The zero-order valence-corrected chi connectivity index (χ0v) is 5.99. The summed E-state index contributed by atoms with van der Waals surface area (Å²) >= 11 is 0. The van der Waals surface area contributed by atoms with E-state index in [2.05, 4.69) is 9.88 Å². The molecule has 0 heterocycles. The van der Waals surface area contributed by atoms with Crippen LogP contribution in [-0.4, -0.2) is 0 Å². The van der Waals surface area contributed by atoms with Crippen LogP contribution in [0.5, 0.6) is 0 Å². The zero-order chi connectivity index (χ0) is 7.94. The topological polar surface area (TPSA) is 56.5 Å². The monoisotopic (exact) mass is 154 g/mol. The fraction of sp³-hybridized carbons (Fsp3) is 0.143. The summed E-state index contributed by atoms with van der Waals surface area (Å²) in [6, 6.07) is 9.65. The van der Waals surface area contributed by atoms with Crippen LogP contribution in [-0.2, 0) is 16.5 Å². The Hall–Kier alpha value is -0.940. The molecular weight excluding hydrogens is 144 g/mol. The third-order valence-corrected chi connectivity index (χ3v) is 1.18. The molecule has 0 amide bonds. The van der Waals surface area contributed by atoms with Crippen LogP contribution in [0.25, 0.3) is 0 Å². The third kappa shape index (κ3) is 3.10. The Labute approximate surface area is 64.8 Å². The van der Waals surface area contributed by atoms with Gasteiger partial charge in [0.2, 0.25) is 0 Å². The minimum Gasteiger partial charge on any atom is -0.245 e. The van der Waals surface area contributed by atoms with Crippen LogP contribution in [0.2, 0.25) is 0 Å². The summed E-state index contributed by atoms with van der Waals surface area (Å²) in [7, 11) is 0. The summed E-state index contributed by atoms with van der Waals surface area (Å²) in [5.74, 6) is 4.80. The van der Waals surface area contributed by atoms with Crippen LogP contribution in [0, 0.1) is 0 Å². The molecule has 1 rings (SSSR count). The lowest BCUT2D eigenvalue weighted by molar-refractivity contribution is -0.346. The van der Waals surface area contributed by atoms with Crippen molar-refractivity contribution in [3.63, 3.8) is 0 Å². The Bertz CT molecular complexity index is 191. The van der Waals surface area contributed by atoms with Crippen molar-refractivity contribution in [3.05, 3.63) is 35.9 Å². The van der Waals surface area contributed by atoms with Crippen molar-refractivity contribution in [1.82, 2.24) is 5.59 Å². The van der Waals surface area contributed by atoms with Gasteiger partial charge in [0.25, 0.3) is 0 Å². The first-order valence-corrected chi connectivity index (χ1v) is 3.21. The number of hydrogen-bond acceptors (Lipinski definition) is 4. The second-order valence-corrected chi connectivity index (χ2v) is 1.95. The third-order valence-electron chi connectivity index (χ3n) is 1.18. The summed E-state index contributed by atoms with van der Waals surface area (Å²) in [5, 5.41) is 0. The maximum atomic E-state index is 4.80. The first-order valence-electron chi connectivity index (χ1n) is 3.21. The van der Waals surface area contributed by atoms with E-state index in [-0.39, 0.29) is 0 Å². The van der Waals surface area contributed by atoms with E-state index in [4.69, 9.17) is 5.84 Å². The molecule has 0 atom stereocenters. The number of hydrogen-bond donors (Lipinski definition) is 2. The molecule has 11 heavy (non-hydrogen) atoms. The van der Waals surface area contributed by atoms with E-state index < -0.39 is 0 Å². The zero-order valence-electron chi connectivity index (χ0n) is 5.99. The predicted molar refractivity (Wildman–Crippen MR) is 39.6 cm³/mol. The van der Waals surface area contributed by atoms with Crippen molar-refractivity contribution >= 4 is 0 Å². The predicted octanol–water partition coefficient (Wildman–Crippen LogP) is 0.513. The summed E-state index contributed by atoms with van der Waals surface area (Å²) in [6.45, 7) is 0.380. The van der Waals surface area contributed by atoms with Gasteiger partial charge in [0, 0.05) is 0 Å². The van der Waals surface area contributed by atoms with E-state index in [1.807, 2.05) is 35.9 Å². The van der Waals surface area contributed by atoms with Crippen LogP contribution in [0.1, 0.15) is 5.56 Å². The highest BCUT2D eigenvalue weighted by Gasteiger charge is 1.89. The lowest BCUT2D eigenvalue weighted by Gasteiger charge is -2.00. The fourth-order valence-electron chi connectivity index (χ4n) is 0.706. The molecule has 60 valence electrons. The van der Waals surface area contributed by atoms with Crippen molar-refractivity contribution in [2.75, 3.05) is 0 Å². The minimum atomic E-state index is 0.380. The molecule has 0 saturated carbocycles. The first kappa shape index (κ1) is 8.16. The molecule has 0 saturated heterocycles. The van der Waals surface area contributed by atoms with Gasteiger partial charge in [-0.15, -0.1) is 10.6 Å². The SMILES string of the molecule is NNOOCc1ccccc1. The van der Waals surface area contributed by atoms with Gasteiger partial charge in [-0.1, -0.05) is 30.3 Å². The Morgan fingerprint density at radius 1 is 1.27 bits per heavy atom. The molecule has 0 aliphatic carbocycles. The number of rotatable bonds is 4. The highest BCUT2D eigenvalue weighted by Crippen LogP contribution is 1.99. The average molecular weight is 154 g/mol. The molecule has 0 fully saturated rings. The van der Waals surface area contributed by atoms with Crippen molar-refractivity contribution in [2.45, 2.75) is 6.61 Å². The second kappa shape index (κ2) is 4.81. The Kier molecular flexibility index (Phi) is 3.57. The van der Waals surface area contributed by atoms with Gasteiger partial charge in [0.05, 0.1) is 0 Å². The Morgan fingerprint density at radius 3 is 2.64 bits per heavy atom. The molecule has 3 N–H and O–H groups in total. The largest absolute Gasteiger partial charge is 0.245 e. The smallest absolute Gasteiger partial charge is 0.109 e. The molecular formula is C7H10N2O2. The molecule has 0 spiro atoms. The lowest BCUT2D eigenvalue weighted by atomic mass is 10.2. The van der Waals surface area contributed by atoms with E-state index in [1.54, 1.807) is 0 Å². The number of benzene rings is 1. The van der Waals surface area contributed by atoms with Crippen molar-refractivity contribution < 1.29 is 9.88 Å². The van der Waals surface area contributed by atoms with Gasteiger partial charge in [0.15, 0.2) is 0 Å². The van der Waals surface area contributed by atoms with Gasteiger partial charge in [-0.05, 0) is 5.56 Å². The molecule has 1 aromatic rings. The van der Waals surface area contributed by atoms with Gasteiger partial charge < -0.3 is 0 Å². The fourth-order valence-corrected chi connectivity index (χ4v) is 0.706. The Balaban J connectivity index is 2.28. The van der Waals surface area contributed by atoms with Crippen LogP contribution < -0.4 is 11.4 Å². The van der Waals surface area contributed by atoms with Crippen LogP contribution >= 0.6 is 0 Å². The van der Waals surface area contributed by atoms with Crippen molar-refractivity contribution in [1.29, 1.82) is 0 Å². The van der Waals surface area contributed by atoms with Crippen LogP contribution in [0.4, 0.5) is 0 Å². The lowest BCUT2D eigenvalue weighted by Crippen LogP contribution is -2.22. The van der Waals surface area contributed by atoms with Crippen molar-refractivity contribution in [3.8, 4) is 0 Å². The van der Waals surface area contributed by atoms with E-state index >= 15 is 0 Å². The molecule has 0 aliphatic rings. The summed E-state index contributed by atoms with van der Waals surface area (Å²) in [4.78, 5) is 8.90. The van der Waals surface area contributed by atoms with E-state index in [0.29, 0.717) is 6.61 Å². The normalized spacial score (nSPS) is 9.91. The van der Waals surface area contributed by atoms with Crippen LogP contribution in [0.15, 0.2) is 30.3 Å². The maximum Gasteiger partial charge on any atom is 0.109 e. The molecule has 0 aliphatic heterocycles. The van der Waals surface area contributed by atoms with Gasteiger partial charge in [-0.2, -0.15) is 0 Å². The number of hydrazine groups is 1. The summed E-state index contributed by atoms with van der Waals surface area (Å²) in [5.41, 5.74) is 2.95. The standard InChI is InChI=1S/C7H10N2O2/c8-9-11-10-6-7-4-2-1-3-5-7/h1-5,9H,6,8H2. The molecule has 0 unspecified atom stereocenters. The highest BCUT2D eigenvalue weighted by molar-refractivity contribution is 5.13. The molecule has 0 radical (unpaired) electrons. The first-order chi connectivity index (χ1) is 5.43. The minimum absolute atomic E-state index is 0.380. The highest BCUT2D eigenvalue weighted by atomic mass is 17.3. The molecule has 4 nitrogen and oxygen atoms in total. The van der Waals surface area contributed by atoms with Gasteiger partial charge in [0.1, 0.15) is 6.61 Å². The number of nitrogens with one attached hydrogen (secondary N) is 1. The molecule has 1 aromatic carbocycles. The molecule has 0 aromatic heterocycles. The quantitative estimate of drug-likeness (QED) is 0.287. The van der Waals surface area contributed by atoms with Crippen molar-refractivity contribution in [2.24, 2.45) is 5.84 Å². The molecule has 0 bridgehead atoms. The maximum absolute atomic E-state index is 4.80. The Morgan fingerprint density at radius 2 is 2.00 bits per heavy atom. The summed E-state index contributed by atoms with van der Waals surface area (Å²) < 4.78 is 0. The van der Waals surface area contributed by atoms with E-state index in [1.165, 1.54) is 0 Å².